The molecule has 0 unspecified atom stereocenters. The maximum absolute atomic E-state index is 12.9. The van der Waals surface area contributed by atoms with Crippen LogP contribution in [0.4, 0.5) is 0 Å². The van der Waals surface area contributed by atoms with Gasteiger partial charge in [0.2, 0.25) is 10.0 Å². The highest BCUT2D eigenvalue weighted by Crippen LogP contribution is 2.34. The molecule has 1 saturated heterocycles. The molecule has 0 amide bonds. The number of nitrogens with zero attached hydrogens (tertiary/aromatic N) is 1. The van der Waals surface area contributed by atoms with Crippen LogP contribution in [0.5, 0.6) is 11.5 Å². The number of hydrogen-bond acceptors (Lipinski definition) is 4. The third-order valence-electron chi connectivity index (χ3n) is 4.16. The SMILES string of the molecule is CC[C@H]1CCCCN1S(=O)(=O)c1ccc2c(c1)OCCO2. The van der Waals surface area contributed by atoms with Crippen molar-refractivity contribution in [2.45, 2.75) is 43.5 Å². The minimum Gasteiger partial charge on any atom is -0.486 e. The summed E-state index contributed by atoms with van der Waals surface area (Å²) < 4.78 is 38.3. The van der Waals surface area contributed by atoms with Crippen LogP contribution in [0.25, 0.3) is 0 Å². The van der Waals surface area contributed by atoms with Crippen LogP contribution >= 0.6 is 0 Å². The van der Waals surface area contributed by atoms with Gasteiger partial charge < -0.3 is 9.47 Å². The Bertz CT molecular complexity index is 614. The first-order chi connectivity index (χ1) is 10.1. The van der Waals surface area contributed by atoms with Crippen LogP contribution in [0.15, 0.2) is 23.1 Å². The van der Waals surface area contributed by atoms with E-state index in [9.17, 15) is 8.42 Å². The molecule has 0 N–H and O–H groups in total. The van der Waals surface area contributed by atoms with E-state index in [1.54, 1.807) is 22.5 Å². The third-order valence-corrected chi connectivity index (χ3v) is 6.11. The third kappa shape index (κ3) is 2.74. The molecule has 0 saturated carbocycles. The molecule has 21 heavy (non-hydrogen) atoms. The monoisotopic (exact) mass is 311 g/mol. The predicted molar refractivity (Wildman–Crippen MR) is 79.3 cm³/mol. The number of sulfonamides is 1. The van der Waals surface area contributed by atoms with Gasteiger partial charge in [0.05, 0.1) is 4.90 Å². The van der Waals surface area contributed by atoms with Gasteiger partial charge in [-0.3, -0.25) is 0 Å². The van der Waals surface area contributed by atoms with E-state index >= 15 is 0 Å². The van der Waals surface area contributed by atoms with Crippen molar-refractivity contribution < 1.29 is 17.9 Å². The number of piperidine rings is 1. The van der Waals surface area contributed by atoms with E-state index < -0.39 is 10.0 Å². The fourth-order valence-electron chi connectivity index (χ4n) is 3.02. The van der Waals surface area contributed by atoms with Crippen LogP contribution in [-0.2, 0) is 10.0 Å². The van der Waals surface area contributed by atoms with Crippen LogP contribution in [0.1, 0.15) is 32.6 Å². The molecule has 2 heterocycles. The van der Waals surface area contributed by atoms with E-state index in [1.807, 2.05) is 6.92 Å². The van der Waals surface area contributed by atoms with Gasteiger partial charge in [-0.25, -0.2) is 8.42 Å². The average Bonchev–Trinajstić information content (AvgIpc) is 2.54. The van der Waals surface area contributed by atoms with E-state index in [2.05, 4.69) is 0 Å². The second kappa shape index (κ2) is 5.85. The molecule has 5 nitrogen and oxygen atoms in total. The summed E-state index contributed by atoms with van der Waals surface area (Å²) in [7, 11) is -3.46. The molecule has 2 aliphatic heterocycles. The molecule has 0 aliphatic carbocycles. The van der Waals surface area contributed by atoms with Gasteiger partial charge in [0.15, 0.2) is 11.5 Å². The van der Waals surface area contributed by atoms with Crippen LogP contribution in [0.2, 0.25) is 0 Å². The van der Waals surface area contributed by atoms with Gasteiger partial charge in [0.1, 0.15) is 13.2 Å². The van der Waals surface area contributed by atoms with Gasteiger partial charge in [-0.15, -0.1) is 0 Å². The molecule has 1 fully saturated rings. The average molecular weight is 311 g/mol. The molecule has 1 atom stereocenters. The van der Waals surface area contributed by atoms with Crippen molar-refractivity contribution in [2.24, 2.45) is 0 Å². The molecule has 0 bridgehead atoms. The molecule has 1 aromatic carbocycles. The minimum absolute atomic E-state index is 0.108. The molecule has 0 spiro atoms. The summed E-state index contributed by atoms with van der Waals surface area (Å²) in [5.41, 5.74) is 0. The summed E-state index contributed by atoms with van der Waals surface area (Å²) in [6.07, 6.45) is 3.83. The smallest absolute Gasteiger partial charge is 0.243 e. The Morgan fingerprint density at radius 1 is 1.19 bits per heavy atom. The van der Waals surface area contributed by atoms with E-state index in [-0.39, 0.29) is 6.04 Å². The van der Waals surface area contributed by atoms with Crippen molar-refractivity contribution in [1.29, 1.82) is 0 Å². The lowest BCUT2D eigenvalue weighted by atomic mass is 10.0. The van der Waals surface area contributed by atoms with Crippen molar-refractivity contribution in [3.05, 3.63) is 18.2 Å². The molecule has 116 valence electrons. The summed E-state index contributed by atoms with van der Waals surface area (Å²) in [5, 5.41) is 0. The van der Waals surface area contributed by atoms with E-state index in [0.717, 1.165) is 25.7 Å². The molecule has 0 radical (unpaired) electrons. The number of fused-ring (bicyclic) bond motifs is 1. The number of ether oxygens (including phenoxy) is 2. The molecule has 1 aromatic rings. The van der Waals surface area contributed by atoms with Crippen molar-refractivity contribution in [3.63, 3.8) is 0 Å². The molecule has 6 heteroatoms. The Labute approximate surface area is 125 Å². The summed E-state index contributed by atoms with van der Waals surface area (Å²) in [6.45, 7) is 3.61. The molecule has 0 aromatic heterocycles. The lowest BCUT2D eigenvalue weighted by molar-refractivity contribution is 0.171. The van der Waals surface area contributed by atoms with Crippen LogP contribution in [0.3, 0.4) is 0 Å². The second-order valence-electron chi connectivity index (χ2n) is 5.48. The zero-order valence-electron chi connectivity index (χ0n) is 12.2. The van der Waals surface area contributed by atoms with Gasteiger partial charge in [-0.05, 0) is 31.4 Å². The zero-order chi connectivity index (χ0) is 14.9. The van der Waals surface area contributed by atoms with Gasteiger partial charge in [0, 0.05) is 18.7 Å². The fraction of sp³-hybridized carbons (Fsp3) is 0.600. The highest BCUT2D eigenvalue weighted by Gasteiger charge is 2.33. The first kappa shape index (κ1) is 14.7. The first-order valence-corrected chi connectivity index (χ1v) is 8.98. The summed E-state index contributed by atoms with van der Waals surface area (Å²) in [6, 6.07) is 5.00. The summed E-state index contributed by atoms with van der Waals surface area (Å²) >= 11 is 0. The Balaban J connectivity index is 1.94. The van der Waals surface area contributed by atoms with Gasteiger partial charge in [0.25, 0.3) is 0 Å². The number of hydrogen-bond donors (Lipinski definition) is 0. The molecule has 2 aliphatic rings. The maximum Gasteiger partial charge on any atom is 0.243 e. The Hall–Kier alpha value is -1.27. The van der Waals surface area contributed by atoms with Gasteiger partial charge >= 0.3 is 0 Å². The lowest BCUT2D eigenvalue weighted by Crippen LogP contribution is -2.43. The minimum atomic E-state index is -3.46. The topological polar surface area (TPSA) is 55.8 Å². The first-order valence-electron chi connectivity index (χ1n) is 7.54. The molecular weight excluding hydrogens is 290 g/mol. The Kier molecular flexibility index (Phi) is 4.08. The highest BCUT2D eigenvalue weighted by atomic mass is 32.2. The van der Waals surface area contributed by atoms with Crippen molar-refractivity contribution in [2.75, 3.05) is 19.8 Å². The van der Waals surface area contributed by atoms with E-state index in [1.165, 1.54) is 0 Å². The highest BCUT2D eigenvalue weighted by molar-refractivity contribution is 7.89. The zero-order valence-corrected chi connectivity index (χ0v) is 13.1. The van der Waals surface area contributed by atoms with Crippen molar-refractivity contribution in [3.8, 4) is 11.5 Å². The quantitative estimate of drug-likeness (QED) is 0.860. The number of benzene rings is 1. The van der Waals surface area contributed by atoms with E-state index in [4.69, 9.17) is 9.47 Å². The fourth-order valence-corrected chi connectivity index (χ4v) is 4.80. The van der Waals surface area contributed by atoms with Crippen molar-refractivity contribution in [1.82, 2.24) is 4.31 Å². The van der Waals surface area contributed by atoms with E-state index in [0.29, 0.717) is 36.2 Å². The maximum atomic E-state index is 12.9. The standard InChI is InChI=1S/C15H21NO4S/c1-2-12-5-3-4-8-16(12)21(17,18)13-6-7-14-15(11-13)20-10-9-19-14/h6-7,11-12H,2-5,8-10H2,1H3/t12-/m0/s1. The Morgan fingerprint density at radius 2 is 1.95 bits per heavy atom. The van der Waals surface area contributed by atoms with Crippen LogP contribution in [0, 0.1) is 0 Å². The largest absolute Gasteiger partial charge is 0.486 e. The Morgan fingerprint density at radius 3 is 2.71 bits per heavy atom. The summed E-state index contributed by atoms with van der Waals surface area (Å²) in [4.78, 5) is 0.298. The van der Waals surface area contributed by atoms with Gasteiger partial charge in [-0.2, -0.15) is 4.31 Å². The van der Waals surface area contributed by atoms with Crippen LogP contribution < -0.4 is 9.47 Å². The van der Waals surface area contributed by atoms with Crippen LogP contribution in [-0.4, -0.2) is 38.5 Å². The molecule has 3 rings (SSSR count). The normalized spacial score (nSPS) is 23.0. The predicted octanol–water partition coefficient (Wildman–Crippen LogP) is 2.41. The summed E-state index contributed by atoms with van der Waals surface area (Å²) in [5.74, 6) is 1.14. The van der Waals surface area contributed by atoms with Crippen molar-refractivity contribution >= 4 is 10.0 Å². The molecular formula is C15H21NO4S. The lowest BCUT2D eigenvalue weighted by Gasteiger charge is -2.34. The number of rotatable bonds is 3. The second-order valence-corrected chi connectivity index (χ2v) is 7.37. The van der Waals surface area contributed by atoms with Gasteiger partial charge in [-0.1, -0.05) is 13.3 Å².